The van der Waals surface area contributed by atoms with E-state index in [1.54, 1.807) is 31.2 Å². The number of carbonyl (C=O) groups excluding carboxylic acids is 1. The number of nitrogens with two attached hydrogens (primary N) is 1. The van der Waals surface area contributed by atoms with Crippen LogP contribution in [0, 0.1) is 42.2 Å². The Morgan fingerprint density at radius 1 is 1.08 bits per heavy atom. The van der Waals surface area contributed by atoms with Gasteiger partial charge in [-0.25, -0.2) is 4.79 Å². The summed E-state index contributed by atoms with van der Waals surface area (Å²) in [6.45, 7) is 5.77. The number of nitro benzene ring substituents is 1. The van der Waals surface area contributed by atoms with E-state index >= 15 is 0 Å². The Morgan fingerprint density at radius 2 is 1.78 bits per heavy atom. The maximum Gasteiger partial charge on any atom is 0.379 e. The Hall–Kier alpha value is -5.10. The van der Waals surface area contributed by atoms with Crippen LogP contribution in [0.25, 0.3) is 11.0 Å². The fourth-order valence-electron chi connectivity index (χ4n) is 4.45. The molecular formula is C28H21N3O6. The fourth-order valence-corrected chi connectivity index (χ4v) is 4.45. The molecule has 0 saturated carbocycles. The van der Waals surface area contributed by atoms with Gasteiger partial charge in [0.1, 0.15) is 28.7 Å². The van der Waals surface area contributed by atoms with Gasteiger partial charge in [0.15, 0.2) is 0 Å². The molecule has 9 nitrogen and oxygen atoms in total. The van der Waals surface area contributed by atoms with Crippen molar-refractivity contribution in [2.24, 2.45) is 5.73 Å². The summed E-state index contributed by atoms with van der Waals surface area (Å²) < 4.78 is 17.1. The molecule has 0 amide bonds. The molecule has 4 aromatic rings. The van der Waals surface area contributed by atoms with Gasteiger partial charge in [-0.15, -0.1) is 0 Å². The van der Waals surface area contributed by atoms with Crippen molar-refractivity contribution in [3.63, 3.8) is 0 Å². The van der Waals surface area contributed by atoms with Crippen molar-refractivity contribution < 1.29 is 23.6 Å². The number of nitriles is 1. The van der Waals surface area contributed by atoms with Crippen molar-refractivity contribution in [1.29, 1.82) is 5.26 Å². The standard InChI is InChI=1S/C28H21N3O6/c1-14-10-21-16(3)26(36-23(21)11-15(14)2)28(32)35-19-8-9-20-24(12-19)37-27(30)22(13-29)25(20)17-4-6-18(7-5-17)31(33)34/h4-12,25H,30H2,1-3H3. The largest absolute Gasteiger partial charge is 0.449 e. The van der Waals surface area contributed by atoms with E-state index < -0.39 is 16.8 Å². The minimum Gasteiger partial charge on any atom is -0.449 e. The number of aryl methyl sites for hydroxylation is 3. The first-order valence-corrected chi connectivity index (χ1v) is 11.4. The maximum absolute atomic E-state index is 13.0. The van der Waals surface area contributed by atoms with E-state index in [1.807, 2.05) is 26.0 Å². The van der Waals surface area contributed by atoms with Gasteiger partial charge in [0.05, 0.1) is 10.8 Å². The van der Waals surface area contributed by atoms with Gasteiger partial charge >= 0.3 is 5.97 Å². The predicted octanol–water partition coefficient (Wildman–Crippen LogP) is 5.70. The lowest BCUT2D eigenvalue weighted by molar-refractivity contribution is -0.384. The van der Waals surface area contributed by atoms with E-state index in [9.17, 15) is 20.2 Å². The number of nitro groups is 1. The van der Waals surface area contributed by atoms with Crippen LogP contribution in [-0.4, -0.2) is 10.9 Å². The highest BCUT2D eigenvalue weighted by atomic mass is 16.6. The normalized spacial score (nSPS) is 14.6. The van der Waals surface area contributed by atoms with Crippen LogP contribution in [0.15, 0.2) is 70.5 Å². The third kappa shape index (κ3) is 4.04. The van der Waals surface area contributed by atoms with Crippen molar-refractivity contribution in [3.8, 4) is 17.6 Å². The number of esters is 1. The summed E-state index contributed by atoms with van der Waals surface area (Å²) in [5, 5.41) is 21.6. The molecule has 1 aliphatic heterocycles. The molecule has 0 aliphatic carbocycles. The van der Waals surface area contributed by atoms with Gasteiger partial charge in [-0.1, -0.05) is 18.2 Å². The Bertz CT molecular complexity index is 1680. The number of furan rings is 1. The summed E-state index contributed by atoms with van der Waals surface area (Å²) >= 11 is 0. The molecule has 0 spiro atoms. The van der Waals surface area contributed by atoms with Crippen LogP contribution in [-0.2, 0) is 0 Å². The molecule has 1 unspecified atom stereocenters. The second kappa shape index (κ2) is 8.84. The number of allylic oxidation sites excluding steroid dienone is 1. The van der Waals surface area contributed by atoms with Gasteiger partial charge in [0, 0.05) is 34.7 Å². The molecule has 1 aromatic heterocycles. The van der Waals surface area contributed by atoms with Gasteiger partial charge in [-0.05, 0) is 55.7 Å². The lowest BCUT2D eigenvalue weighted by atomic mass is 9.83. The van der Waals surface area contributed by atoms with E-state index in [2.05, 4.69) is 6.07 Å². The zero-order valence-electron chi connectivity index (χ0n) is 20.2. The van der Waals surface area contributed by atoms with Gasteiger partial charge in [-0.2, -0.15) is 5.26 Å². The van der Waals surface area contributed by atoms with E-state index in [-0.39, 0.29) is 28.7 Å². The van der Waals surface area contributed by atoms with Crippen molar-refractivity contribution in [2.75, 3.05) is 0 Å². The fraction of sp³-hybridized carbons (Fsp3) is 0.143. The van der Waals surface area contributed by atoms with Crippen LogP contribution in [0.4, 0.5) is 5.69 Å². The minimum atomic E-state index is -0.659. The van der Waals surface area contributed by atoms with Crippen LogP contribution in [0.3, 0.4) is 0 Å². The molecular weight excluding hydrogens is 474 g/mol. The number of nitrogens with zero attached hydrogens (tertiary/aromatic N) is 2. The lowest BCUT2D eigenvalue weighted by Gasteiger charge is -2.26. The van der Waals surface area contributed by atoms with E-state index in [0.29, 0.717) is 28.0 Å². The smallest absolute Gasteiger partial charge is 0.379 e. The highest BCUT2D eigenvalue weighted by Gasteiger charge is 2.31. The molecule has 184 valence electrons. The Morgan fingerprint density at radius 3 is 2.46 bits per heavy atom. The average Bonchev–Trinajstić information content (AvgIpc) is 3.18. The topological polar surface area (TPSA) is 142 Å². The molecule has 0 fully saturated rings. The van der Waals surface area contributed by atoms with E-state index in [4.69, 9.17) is 19.6 Å². The molecule has 3 aromatic carbocycles. The summed E-state index contributed by atoms with van der Waals surface area (Å²) in [4.78, 5) is 23.5. The van der Waals surface area contributed by atoms with Gasteiger partial charge in [0.2, 0.25) is 11.6 Å². The number of rotatable bonds is 4. The van der Waals surface area contributed by atoms with Crippen molar-refractivity contribution >= 4 is 22.6 Å². The summed E-state index contributed by atoms with van der Waals surface area (Å²) in [5.74, 6) is -0.755. The number of carbonyl (C=O) groups is 1. The average molecular weight is 495 g/mol. The van der Waals surface area contributed by atoms with E-state index in [0.717, 1.165) is 16.5 Å². The molecule has 1 atom stereocenters. The minimum absolute atomic E-state index is 0.0695. The number of hydrogen-bond donors (Lipinski definition) is 1. The molecule has 37 heavy (non-hydrogen) atoms. The number of ether oxygens (including phenoxy) is 2. The van der Waals surface area contributed by atoms with Crippen LogP contribution in [0.5, 0.6) is 11.5 Å². The number of benzene rings is 3. The Kier molecular flexibility index (Phi) is 5.65. The molecule has 0 radical (unpaired) electrons. The summed E-state index contributed by atoms with van der Waals surface area (Å²) in [5.41, 5.74) is 10.8. The second-order valence-corrected chi connectivity index (χ2v) is 8.85. The highest BCUT2D eigenvalue weighted by Crippen LogP contribution is 2.43. The van der Waals surface area contributed by atoms with E-state index in [1.165, 1.54) is 18.2 Å². The van der Waals surface area contributed by atoms with Crippen LogP contribution >= 0.6 is 0 Å². The Balaban J connectivity index is 1.48. The molecule has 0 saturated heterocycles. The first-order valence-electron chi connectivity index (χ1n) is 11.4. The van der Waals surface area contributed by atoms with Crippen LogP contribution in [0.2, 0.25) is 0 Å². The van der Waals surface area contributed by atoms with Crippen molar-refractivity contribution in [3.05, 3.63) is 110 Å². The molecule has 0 bridgehead atoms. The van der Waals surface area contributed by atoms with Gasteiger partial charge in [-0.3, -0.25) is 10.1 Å². The highest BCUT2D eigenvalue weighted by molar-refractivity contribution is 5.97. The molecule has 9 heteroatoms. The monoisotopic (exact) mass is 495 g/mol. The van der Waals surface area contributed by atoms with Crippen LogP contribution in [0.1, 0.15) is 44.3 Å². The molecule has 2 heterocycles. The van der Waals surface area contributed by atoms with Gasteiger partial charge < -0.3 is 19.6 Å². The zero-order valence-corrected chi connectivity index (χ0v) is 20.2. The summed E-state index contributed by atoms with van der Waals surface area (Å²) in [6, 6.07) is 16.6. The predicted molar refractivity (Wildman–Crippen MR) is 134 cm³/mol. The van der Waals surface area contributed by atoms with Gasteiger partial charge in [0.25, 0.3) is 5.69 Å². The maximum atomic E-state index is 13.0. The number of fused-ring (bicyclic) bond motifs is 2. The zero-order chi connectivity index (χ0) is 26.4. The van der Waals surface area contributed by atoms with Crippen molar-refractivity contribution in [2.45, 2.75) is 26.7 Å². The number of hydrogen-bond acceptors (Lipinski definition) is 8. The third-order valence-electron chi connectivity index (χ3n) is 6.58. The molecule has 2 N–H and O–H groups in total. The lowest BCUT2D eigenvalue weighted by Crippen LogP contribution is -2.21. The third-order valence-corrected chi connectivity index (χ3v) is 6.58. The Labute approximate surface area is 211 Å². The molecule has 1 aliphatic rings. The number of non-ortho nitro benzene ring substituents is 1. The van der Waals surface area contributed by atoms with Crippen molar-refractivity contribution in [1.82, 2.24) is 0 Å². The SMILES string of the molecule is Cc1cc2oc(C(=O)Oc3ccc4c(c3)OC(N)=C(C#N)C4c3ccc([N+](=O)[O-])cc3)c(C)c2cc1C. The summed E-state index contributed by atoms with van der Waals surface area (Å²) in [7, 11) is 0. The first-order chi connectivity index (χ1) is 17.7. The first kappa shape index (κ1) is 23.6. The summed E-state index contributed by atoms with van der Waals surface area (Å²) in [6.07, 6.45) is 0. The second-order valence-electron chi connectivity index (χ2n) is 8.85. The quantitative estimate of drug-likeness (QED) is 0.164. The van der Waals surface area contributed by atoms with Crippen LogP contribution < -0.4 is 15.2 Å². The molecule has 5 rings (SSSR count).